The molecule has 1 saturated carbocycles. The first-order valence-corrected chi connectivity index (χ1v) is 13.7. The molecule has 0 unspecified atom stereocenters. The Morgan fingerprint density at radius 2 is 1.61 bits per heavy atom. The second-order valence-corrected chi connectivity index (χ2v) is 11.2. The summed E-state index contributed by atoms with van der Waals surface area (Å²) in [5, 5.41) is 18.7. The Morgan fingerprint density at radius 3 is 2.29 bits per heavy atom. The molecule has 2 fully saturated rings. The van der Waals surface area contributed by atoms with E-state index in [0.717, 1.165) is 72.6 Å². The van der Waals surface area contributed by atoms with Gasteiger partial charge in [-0.15, -0.1) is 0 Å². The molecular weight excluding hydrogens is 523 g/mol. The summed E-state index contributed by atoms with van der Waals surface area (Å²) >= 11 is 0. The third-order valence-electron chi connectivity index (χ3n) is 8.45. The number of aliphatic hydroxyl groups excluding tert-OH is 1. The summed E-state index contributed by atoms with van der Waals surface area (Å²) in [5.41, 5.74) is 9.97. The van der Waals surface area contributed by atoms with E-state index in [4.69, 9.17) is 5.73 Å². The highest BCUT2D eigenvalue weighted by atomic mass is 19.1. The summed E-state index contributed by atoms with van der Waals surface area (Å²) < 4.78 is 17.1. The molecule has 41 heavy (non-hydrogen) atoms. The second kappa shape index (κ2) is 9.60. The molecule has 0 radical (unpaired) electrons. The van der Waals surface area contributed by atoms with Gasteiger partial charge >= 0.3 is 0 Å². The van der Waals surface area contributed by atoms with Crippen molar-refractivity contribution >= 4 is 17.3 Å². The molecule has 0 amide bonds. The molecule has 0 spiro atoms. The highest BCUT2D eigenvalue weighted by Gasteiger charge is 2.45. The van der Waals surface area contributed by atoms with Crippen molar-refractivity contribution in [3.63, 3.8) is 0 Å². The lowest BCUT2D eigenvalue weighted by Crippen LogP contribution is -2.47. The molecule has 1 aliphatic heterocycles. The van der Waals surface area contributed by atoms with Crippen LogP contribution in [-0.2, 0) is 11.1 Å². The Hall–Kier alpha value is -4.42. The summed E-state index contributed by atoms with van der Waals surface area (Å²) in [6, 6.07) is 8.28. The van der Waals surface area contributed by atoms with E-state index >= 15 is 0 Å². The van der Waals surface area contributed by atoms with Gasteiger partial charge in [0.15, 0.2) is 5.82 Å². The predicted molar refractivity (Wildman–Crippen MR) is 152 cm³/mol. The van der Waals surface area contributed by atoms with Crippen LogP contribution >= 0.6 is 0 Å². The van der Waals surface area contributed by atoms with E-state index in [2.05, 4.69) is 41.0 Å². The van der Waals surface area contributed by atoms with Gasteiger partial charge in [0, 0.05) is 67.7 Å². The highest BCUT2D eigenvalue weighted by molar-refractivity contribution is 5.77. The number of nitrogens with zero attached hydrogens (tertiary/aromatic N) is 9. The summed E-state index contributed by atoms with van der Waals surface area (Å²) in [5.74, 6) is 1.23. The van der Waals surface area contributed by atoms with Crippen molar-refractivity contribution in [1.82, 2.24) is 34.3 Å². The van der Waals surface area contributed by atoms with Crippen LogP contribution in [0.15, 0.2) is 67.6 Å². The van der Waals surface area contributed by atoms with Gasteiger partial charge < -0.3 is 20.6 Å². The van der Waals surface area contributed by atoms with E-state index in [1.54, 1.807) is 30.9 Å². The van der Waals surface area contributed by atoms with Gasteiger partial charge in [-0.05, 0) is 43.5 Å². The van der Waals surface area contributed by atoms with Crippen LogP contribution in [0.4, 0.5) is 16.2 Å². The van der Waals surface area contributed by atoms with E-state index in [1.165, 1.54) is 12.1 Å². The van der Waals surface area contributed by atoms with Crippen LogP contribution in [-0.4, -0.2) is 72.2 Å². The Kier molecular flexibility index (Phi) is 5.98. The maximum absolute atomic E-state index is 13.4. The highest BCUT2D eigenvalue weighted by Crippen LogP contribution is 2.43. The molecule has 5 heterocycles. The second-order valence-electron chi connectivity index (χ2n) is 11.2. The molecule has 5 aromatic rings. The number of anilines is 2. The van der Waals surface area contributed by atoms with Crippen molar-refractivity contribution in [3.8, 4) is 11.1 Å². The molecular formula is C29H31FN10O. The molecule has 3 N–H and O–H groups in total. The molecule has 4 aromatic heterocycles. The third-order valence-corrected chi connectivity index (χ3v) is 8.45. The van der Waals surface area contributed by atoms with Crippen LogP contribution in [0.1, 0.15) is 30.9 Å². The maximum Gasteiger partial charge on any atom is 0.225 e. The van der Waals surface area contributed by atoms with Crippen LogP contribution in [0.3, 0.4) is 0 Å². The van der Waals surface area contributed by atoms with Gasteiger partial charge in [0.2, 0.25) is 5.95 Å². The maximum atomic E-state index is 13.4. The van der Waals surface area contributed by atoms with Crippen LogP contribution < -0.4 is 15.5 Å². The minimum Gasteiger partial charge on any atom is -0.394 e. The van der Waals surface area contributed by atoms with Gasteiger partial charge in [0.1, 0.15) is 17.7 Å². The van der Waals surface area contributed by atoms with Gasteiger partial charge in [-0.3, -0.25) is 4.68 Å². The van der Waals surface area contributed by atoms with E-state index < -0.39 is 5.54 Å². The van der Waals surface area contributed by atoms with E-state index in [1.807, 2.05) is 34.7 Å². The summed E-state index contributed by atoms with van der Waals surface area (Å²) in [6.45, 7) is 4.94. The number of fused-ring (bicyclic) bond motifs is 1. The Balaban J connectivity index is 1.05. The number of aromatic nitrogens is 7. The lowest BCUT2D eigenvalue weighted by atomic mass is 9.87. The van der Waals surface area contributed by atoms with Crippen LogP contribution in [0.5, 0.6) is 0 Å². The number of hydrogen-bond donors (Lipinski definition) is 2. The van der Waals surface area contributed by atoms with Gasteiger partial charge in [-0.1, -0.05) is 12.1 Å². The van der Waals surface area contributed by atoms with Crippen molar-refractivity contribution in [1.29, 1.82) is 0 Å². The van der Waals surface area contributed by atoms with E-state index in [-0.39, 0.29) is 18.0 Å². The van der Waals surface area contributed by atoms with Crippen molar-refractivity contribution in [3.05, 3.63) is 84.6 Å². The average molecular weight is 555 g/mol. The number of rotatable bonds is 7. The number of aliphatic hydroxyl groups is 1. The van der Waals surface area contributed by atoms with Gasteiger partial charge in [-0.2, -0.15) is 10.2 Å². The van der Waals surface area contributed by atoms with E-state index in [9.17, 15) is 9.50 Å². The molecule has 11 nitrogen and oxygen atoms in total. The summed E-state index contributed by atoms with van der Waals surface area (Å²) in [7, 11) is 0. The largest absolute Gasteiger partial charge is 0.394 e. The smallest absolute Gasteiger partial charge is 0.225 e. The number of nitrogens with two attached hydrogens (primary N) is 1. The van der Waals surface area contributed by atoms with Crippen LogP contribution in [0, 0.1) is 5.82 Å². The first kappa shape index (κ1) is 25.5. The SMILES string of the molecule is C[C@](N)(c1ccc(F)cc1)c1cnc(N2CCN(c3ncnn4cc(-c5cnn(C6(CO)CC6)c5)cc34)CC2)nc1. The zero-order chi connectivity index (χ0) is 28.2. The fourth-order valence-electron chi connectivity index (χ4n) is 5.49. The first-order chi connectivity index (χ1) is 19.9. The Labute approximate surface area is 236 Å². The van der Waals surface area contributed by atoms with Gasteiger partial charge in [0.05, 0.1) is 23.9 Å². The van der Waals surface area contributed by atoms with Crippen molar-refractivity contribution in [2.75, 3.05) is 42.6 Å². The minimum absolute atomic E-state index is 0.102. The fourth-order valence-corrected chi connectivity index (χ4v) is 5.49. The zero-order valence-electron chi connectivity index (χ0n) is 22.7. The van der Waals surface area contributed by atoms with Gasteiger partial charge in [0.25, 0.3) is 0 Å². The van der Waals surface area contributed by atoms with Crippen molar-refractivity contribution in [2.45, 2.75) is 30.8 Å². The molecule has 1 saturated heterocycles. The normalized spacial score (nSPS) is 18.0. The fraction of sp³-hybridized carbons (Fsp3) is 0.345. The average Bonchev–Trinajstić information content (AvgIpc) is 3.42. The molecule has 1 atom stereocenters. The first-order valence-electron chi connectivity index (χ1n) is 13.7. The predicted octanol–water partition coefficient (Wildman–Crippen LogP) is 2.55. The lowest BCUT2D eigenvalue weighted by molar-refractivity contribution is 0.202. The topological polar surface area (TPSA) is 127 Å². The number of halogens is 1. The molecule has 12 heteroatoms. The molecule has 7 rings (SSSR count). The minimum atomic E-state index is -0.837. The van der Waals surface area contributed by atoms with Crippen molar-refractivity contribution < 1.29 is 9.50 Å². The molecule has 2 aliphatic rings. The zero-order valence-corrected chi connectivity index (χ0v) is 22.7. The Bertz CT molecular complexity index is 1680. The third kappa shape index (κ3) is 4.49. The lowest BCUT2D eigenvalue weighted by Gasteiger charge is -2.35. The molecule has 210 valence electrons. The quantitative estimate of drug-likeness (QED) is 0.312. The number of benzene rings is 1. The van der Waals surface area contributed by atoms with E-state index in [0.29, 0.717) is 5.95 Å². The monoisotopic (exact) mass is 554 g/mol. The van der Waals surface area contributed by atoms with Crippen LogP contribution in [0.25, 0.3) is 16.6 Å². The molecule has 1 aromatic carbocycles. The molecule has 1 aliphatic carbocycles. The number of hydrogen-bond acceptors (Lipinski definition) is 9. The van der Waals surface area contributed by atoms with Gasteiger partial charge in [-0.25, -0.2) is 23.9 Å². The molecule has 0 bridgehead atoms. The van der Waals surface area contributed by atoms with Crippen molar-refractivity contribution in [2.24, 2.45) is 5.73 Å². The van der Waals surface area contributed by atoms with Crippen LogP contribution in [0.2, 0.25) is 0 Å². The summed E-state index contributed by atoms with van der Waals surface area (Å²) in [4.78, 5) is 18.3. The standard InChI is InChI=1S/C29H31FN10O/c1-28(31,22-2-4-24(30)5-3-22)23-14-32-27(33-15-23)38-10-8-37(9-11-38)26-25-12-20(16-39(25)36-19-34-26)21-13-35-40(17-21)29(18-41)6-7-29/h2-5,12-17,19,41H,6-11,18,31H2,1H3/t28-/m0/s1. The number of piperazine rings is 1. The summed E-state index contributed by atoms with van der Waals surface area (Å²) in [6.07, 6.45) is 12.8. The Morgan fingerprint density at radius 1 is 0.902 bits per heavy atom.